The molecule has 0 saturated carbocycles. The van der Waals surface area contributed by atoms with Crippen LogP contribution in [0.4, 0.5) is 0 Å². The van der Waals surface area contributed by atoms with Gasteiger partial charge in [0.25, 0.3) is 0 Å². The number of hydrogen-bond acceptors (Lipinski definition) is 2. The lowest BCUT2D eigenvalue weighted by Crippen LogP contribution is -2.13. The monoisotopic (exact) mass is 269 g/mol. The third kappa shape index (κ3) is 4.48. The zero-order chi connectivity index (χ0) is 14.4. The molecule has 2 rings (SSSR count). The Bertz CT molecular complexity index is 543. The lowest BCUT2D eigenvalue weighted by atomic mass is 10.1. The van der Waals surface area contributed by atoms with Gasteiger partial charge in [-0.05, 0) is 30.5 Å². The van der Waals surface area contributed by atoms with Crippen LogP contribution in [0.15, 0.2) is 42.5 Å². The summed E-state index contributed by atoms with van der Waals surface area (Å²) in [5.74, 6) is 0. The predicted octanol–water partition coefficient (Wildman–Crippen LogP) is 3.74. The summed E-state index contributed by atoms with van der Waals surface area (Å²) < 4.78 is 5.16. The zero-order valence-corrected chi connectivity index (χ0v) is 12.6. The maximum atomic E-state index is 5.16. The predicted molar refractivity (Wildman–Crippen MR) is 83.6 cm³/mol. The molecular formula is C18H23NO. The van der Waals surface area contributed by atoms with E-state index in [0.717, 1.165) is 13.1 Å². The van der Waals surface area contributed by atoms with Gasteiger partial charge in [-0.1, -0.05) is 53.6 Å². The Morgan fingerprint density at radius 3 is 2.20 bits per heavy atom. The van der Waals surface area contributed by atoms with E-state index in [4.69, 9.17) is 4.74 Å². The molecule has 2 nitrogen and oxygen atoms in total. The van der Waals surface area contributed by atoms with E-state index >= 15 is 0 Å². The SMILES string of the molecule is COCc1cccc(CNCc2cc(C)cc(C)c2)c1. The van der Waals surface area contributed by atoms with Crippen LogP contribution in [0.1, 0.15) is 27.8 Å². The van der Waals surface area contributed by atoms with Crippen LogP contribution < -0.4 is 5.32 Å². The number of ether oxygens (including phenoxy) is 1. The highest BCUT2D eigenvalue weighted by Gasteiger charge is 1.98. The average molecular weight is 269 g/mol. The summed E-state index contributed by atoms with van der Waals surface area (Å²) in [6, 6.07) is 15.2. The standard InChI is InChI=1S/C18H23NO/c1-14-7-15(2)9-18(8-14)12-19-11-16-5-4-6-17(10-16)13-20-3/h4-10,19H,11-13H2,1-3H3. The molecule has 0 atom stereocenters. The minimum atomic E-state index is 0.672. The Kier molecular flexibility index (Phi) is 5.33. The first-order chi connectivity index (χ1) is 9.67. The van der Waals surface area contributed by atoms with Gasteiger partial charge in [-0.25, -0.2) is 0 Å². The average Bonchev–Trinajstić information content (AvgIpc) is 2.38. The Hall–Kier alpha value is -1.64. The Morgan fingerprint density at radius 1 is 0.850 bits per heavy atom. The molecule has 2 heteroatoms. The summed E-state index contributed by atoms with van der Waals surface area (Å²) in [7, 11) is 1.73. The second-order valence-electron chi connectivity index (χ2n) is 5.35. The van der Waals surface area contributed by atoms with E-state index in [9.17, 15) is 0 Å². The van der Waals surface area contributed by atoms with E-state index in [-0.39, 0.29) is 0 Å². The highest BCUT2D eigenvalue weighted by molar-refractivity contribution is 5.28. The minimum Gasteiger partial charge on any atom is -0.380 e. The fourth-order valence-corrected chi connectivity index (χ4v) is 2.52. The van der Waals surface area contributed by atoms with E-state index in [1.54, 1.807) is 7.11 Å². The van der Waals surface area contributed by atoms with Crippen molar-refractivity contribution in [2.24, 2.45) is 0 Å². The number of rotatable bonds is 6. The molecule has 0 radical (unpaired) electrons. The van der Waals surface area contributed by atoms with E-state index in [1.165, 1.54) is 27.8 Å². The van der Waals surface area contributed by atoms with Gasteiger partial charge in [0.15, 0.2) is 0 Å². The summed E-state index contributed by atoms with van der Waals surface area (Å²) >= 11 is 0. The van der Waals surface area contributed by atoms with E-state index in [2.05, 4.69) is 61.6 Å². The molecule has 0 saturated heterocycles. The number of nitrogens with one attached hydrogen (secondary N) is 1. The molecule has 0 aliphatic heterocycles. The molecule has 0 unspecified atom stereocenters. The van der Waals surface area contributed by atoms with Crippen LogP contribution >= 0.6 is 0 Å². The molecule has 1 N–H and O–H groups in total. The van der Waals surface area contributed by atoms with Gasteiger partial charge in [-0.3, -0.25) is 0 Å². The topological polar surface area (TPSA) is 21.3 Å². The summed E-state index contributed by atoms with van der Waals surface area (Å²) in [4.78, 5) is 0. The molecule has 0 fully saturated rings. The summed E-state index contributed by atoms with van der Waals surface area (Å²) in [6.45, 7) is 6.74. The van der Waals surface area contributed by atoms with Crippen molar-refractivity contribution in [3.8, 4) is 0 Å². The van der Waals surface area contributed by atoms with Gasteiger partial charge in [-0.15, -0.1) is 0 Å². The van der Waals surface area contributed by atoms with Gasteiger partial charge in [0.2, 0.25) is 0 Å². The van der Waals surface area contributed by atoms with Crippen molar-refractivity contribution in [1.29, 1.82) is 0 Å². The molecule has 0 heterocycles. The highest BCUT2D eigenvalue weighted by atomic mass is 16.5. The number of benzene rings is 2. The maximum Gasteiger partial charge on any atom is 0.0713 e. The second kappa shape index (κ2) is 7.22. The summed E-state index contributed by atoms with van der Waals surface area (Å²) in [6.07, 6.45) is 0. The van der Waals surface area contributed by atoms with Crippen molar-refractivity contribution < 1.29 is 4.74 Å². The Labute approximate surface area is 121 Å². The van der Waals surface area contributed by atoms with Crippen molar-refractivity contribution in [3.63, 3.8) is 0 Å². The van der Waals surface area contributed by atoms with Crippen molar-refractivity contribution in [2.45, 2.75) is 33.5 Å². The normalized spacial score (nSPS) is 10.8. The zero-order valence-electron chi connectivity index (χ0n) is 12.6. The van der Waals surface area contributed by atoms with Crippen molar-refractivity contribution >= 4 is 0 Å². The molecule has 0 aliphatic rings. The Morgan fingerprint density at radius 2 is 1.50 bits per heavy atom. The van der Waals surface area contributed by atoms with Gasteiger partial charge >= 0.3 is 0 Å². The quantitative estimate of drug-likeness (QED) is 0.862. The molecule has 0 aliphatic carbocycles. The van der Waals surface area contributed by atoms with Gasteiger partial charge in [0, 0.05) is 20.2 Å². The lowest BCUT2D eigenvalue weighted by Gasteiger charge is -2.08. The van der Waals surface area contributed by atoms with Crippen molar-refractivity contribution in [2.75, 3.05) is 7.11 Å². The van der Waals surface area contributed by atoms with Crippen LogP contribution in [0.2, 0.25) is 0 Å². The third-order valence-electron chi connectivity index (χ3n) is 3.24. The molecule has 2 aromatic carbocycles. The smallest absolute Gasteiger partial charge is 0.0713 e. The summed E-state index contributed by atoms with van der Waals surface area (Å²) in [5, 5.41) is 3.50. The fourth-order valence-electron chi connectivity index (χ4n) is 2.52. The fraction of sp³-hybridized carbons (Fsp3) is 0.333. The van der Waals surface area contributed by atoms with Gasteiger partial charge in [0.05, 0.1) is 6.61 Å². The van der Waals surface area contributed by atoms with E-state index in [1.807, 2.05) is 0 Å². The number of aryl methyl sites for hydroxylation is 2. The van der Waals surface area contributed by atoms with Crippen LogP contribution in [0.3, 0.4) is 0 Å². The minimum absolute atomic E-state index is 0.672. The van der Waals surface area contributed by atoms with E-state index < -0.39 is 0 Å². The molecule has 0 aromatic heterocycles. The van der Waals surface area contributed by atoms with Crippen LogP contribution in [0, 0.1) is 13.8 Å². The van der Waals surface area contributed by atoms with Gasteiger partial charge in [0.1, 0.15) is 0 Å². The summed E-state index contributed by atoms with van der Waals surface area (Å²) in [5.41, 5.74) is 6.51. The lowest BCUT2D eigenvalue weighted by molar-refractivity contribution is 0.185. The van der Waals surface area contributed by atoms with Crippen LogP contribution in [-0.2, 0) is 24.4 Å². The first kappa shape index (κ1) is 14.8. The first-order valence-corrected chi connectivity index (χ1v) is 7.02. The third-order valence-corrected chi connectivity index (χ3v) is 3.24. The first-order valence-electron chi connectivity index (χ1n) is 7.02. The molecular weight excluding hydrogens is 246 g/mol. The molecule has 2 aromatic rings. The van der Waals surface area contributed by atoms with Gasteiger partial charge in [-0.2, -0.15) is 0 Å². The molecule has 0 bridgehead atoms. The van der Waals surface area contributed by atoms with Gasteiger partial charge < -0.3 is 10.1 Å². The van der Waals surface area contributed by atoms with E-state index in [0.29, 0.717) is 6.61 Å². The van der Waals surface area contributed by atoms with Crippen molar-refractivity contribution in [1.82, 2.24) is 5.32 Å². The van der Waals surface area contributed by atoms with Crippen LogP contribution in [0.5, 0.6) is 0 Å². The molecule has 20 heavy (non-hydrogen) atoms. The second-order valence-corrected chi connectivity index (χ2v) is 5.35. The maximum absolute atomic E-state index is 5.16. The number of methoxy groups -OCH3 is 1. The van der Waals surface area contributed by atoms with Crippen LogP contribution in [0.25, 0.3) is 0 Å². The van der Waals surface area contributed by atoms with Crippen LogP contribution in [-0.4, -0.2) is 7.11 Å². The largest absolute Gasteiger partial charge is 0.380 e. The molecule has 0 spiro atoms. The number of hydrogen-bond donors (Lipinski definition) is 1. The molecule has 106 valence electrons. The molecule has 0 amide bonds. The Balaban J connectivity index is 1.90. The highest BCUT2D eigenvalue weighted by Crippen LogP contribution is 2.10. The van der Waals surface area contributed by atoms with Crippen molar-refractivity contribution in [3.05, 3.63) is 70.3 Å².